The van der Waals surface area contributed by atoms with E-state index in [0.29, 0.717) is 17.9 Å². The largest absolute Gasteiger partial charge is 0.497 e. The summed E-state index contributed by atoms with van der Waals surface area (Å²) in [4.78, 5) is 0. The summed E-state index contributed by atoms with van der Waals surface area (Å²) in [5, 5.41) is 0.552. The van der Waals surface area contributed by atoms with Crippen LogP contribution in [0.1, 0.15) is 11.1 Å². The number of benzene rings is 2. The Labute approximate surface area is 123 Å². The van der Waals surface area contributed by atoms with Crippen LogP contribution in [0, 0.1) is 5.82 Å². The lowest BCUT2D eigenvalue weighted by atomic mass is 9.99. The highest BCUT2D eigenvalue weighted by atomic mass is 35.5. The molecule has 0 aromatic heterocycles. The van der Waals surface area contributed by atoms with E-state index in [1.807, 2.05) is 24.3 Å². The maximum atomic E-state index is 13.2. The molecule has 106 valence electrons. The Balaban J connectivity index is 2.00. The molecule has 0 saturated carbocycles. The molecule has 2 aromatic carbocycles. The topological polar surface area (TPSA) is 35.2 Å². The number of hydrogen-bond donors (Lipinski definition) is 1. The molecule has 0 aliphatic heterocycles. The standard InChI is InChI=1S/C16H17ClFNO/c1-20-15-5-2-11(3-6-15)8-14(19)10-12-9-13(18)4-7-16(12)17/h2-7,9,14H,8,10,19H2,1H3. The van der Waals surface area contributed by atoms with E-state index < -0.39 is 0 Å². The van der Waals surface area contributed by atoms with Crippen molar-refractivity contribution in [3.05, 3.63) is 64.4 Å². The fourth-order valence-corrected chi connectivity index (χ4v) is 2.31. The van der Waals surface area contributed by atoms with E-state index in [0.717, 1.165) is 16.9 Å². The lowest BCUT2D eigenvalue weighted by Gasteiger charge is -2.13. The van der Waals surface area contributed by atoms with Crippen molar-refractivity contribution < 1.29 is 9.13 Å². The van der Waals surface area contributed by atoms with Gasteiger partial charge in [-0.1, -0.05) is 23.7 Å². The van der Waals surface area contributed by atoms with Gasteiger partial charge in [0.1, 0.15) is 11.6 Å². The summed E-state index contributed by atoms with van der Waals surface area (Å²) in [6.45, 7) is 0. The van der Waals surface area contributed by atoms with E-state index in [4.69, 9.17) is 22.1 Å². The predicted octanol–water partition coefficient (Wildman–Crippen LogP) is 3.60. The van der Waals surface area contributed by atoms with Crippen LogP contribution in [0.25, 0.3) is 0 Å². The molecule has 2 N–H and O–H groups in total. The molecule has 2 aromatic rings. The van der Waals surface area contributed by atoms with Gasteiger partial charge in [-0.05, 0) is 54.3 Å². The van der Waals surface area contributed by atoms with Gasteiger partial charge in [0, 0.05) is 11.1 Å². The second-order valence-corrected chi connectivity index (χ2v) is 5.16. The number of ether oxygens (including phenoxy) is 1. The molecule has 0 saturated heterocycles. The van der Waals surface area contributed by atoms with Crippen molar-refractivity contribution in [3.63, 3.8) is 0 Å². The Bertz CT molecular complexity index is 571. The number of hydrogen-bond acceptors (Lipinski definition) is 2. The Morgan fingerprint density at radius 3 is 2.50 bits per heavy atom. The minimum atomic E-state index is -0.291. The first kappa shape index (κ1) is 14.8. The lowest BCUT2D eigenvalue weighted by Crippen LogP contribution is -2.25. The van der Waals surface area contributed by atoms with Crippen molar-refractivity contribution in [2.24, 2.45) is 5.73 Å². The van der Waals surface area contributed by atoms with Crippen LogP contribution < -0.4 is 10.5 Å². The SMILES string of the molecule is COc1ccc(CC(N)Cc2cc(F)ccc2Cl)cc1. The molecule has 0 fully saturated rings. The number of rotatable bonds is 5. The summed E-state index contributed by atoms with van der Waals surface area (Å²) in [5.41, 5.74) is 7.97. The fourth-order valence-electron chi connectivity index (χ4n) is 2.12. The molecular weight excluding hydrogens is 277 g/mol. The second-order valence-electron chi connectivity index (χ2n) is 4.75. The highest BCUT2D eigenvalue weighted by Gasteiger charge is 2.09. The zero-order chi connectivity index (χ0) is 14.5. The summed E-state index contributed by atoms with van der Waals surface area (Å²) in [6, 6.07) is 12.0. The minimum Gasteiger partial charge on any atom is -0.497 e. The number of nitrogens with two attached hydrogens (primary N) is 1. The summed E-state index contributed by atoms with van der Waals surface area (Å²) in [5.74, 6) is 0.525. The third-order valence-corrected chi connectivity index (χ3v) is 3.52. The highest BCUT2D eigenvalue weighted by molar-refractivity contribution is 6.31. The van der Waals surface area contributed by atoms with Crippen molar-refractivity contribution in [2.75, 3.05) is 7.11 Å². The van der Waals surface area contributed by atoms with E-state index >= 15 is 0 Å². The lowest BCUT2D eigenvalue weighted by molar-refractivity contribution is 0.414. The first-order chi connectivity index (χ1) is 9.58. The van der Waals surface area contributed by atoms with Crippen LogP contribution in [-0.4, -0.2) is 13.2 Å². The monoisotopic (exact) mass is 293 g/mol. The molecule has 0 bridgehead atoms. The van der Waals surface area contributed by atoms with Gasteiger partial charge in [0.05, 0.1) is 7.11 Å². The molecule has 1 atom stereocenters. The van der Waals surface area contributed by atoms with Crippen LogP contribution in [0.2, 0.25) is 5.02 Å². The number of methoxy groups -OCH3 is 1. The van der Waals surface area contributed by atoms with Gasteiger partial charge in [-0.15, -0.1) is 0 Å². The van der Waals surface area contributed by atoms with Crippen LogP contribution in [0.4, 0.5) is 4.39 Å². The molecule has 20 heavy (non-hydrogen) atoms. The van der Waals surface area contributed by atoms with Gasteiger partial charge in [0.25, 0.3) is 0 Å². The van der Waals surface area contributed by atoms with E-state index in [1.54, 1.807) is 13.2 Å². The zero-order valence-electron chi connectivity index (χ0n) is 11.3. The van der Waals surface area contributed by atoms with Gasteiger partial charge in [0.15, 0.2) is 0 Å². The first-order valence-electron chi connectivity index (χ1n) is 6.41. The van der Waals surface area contributed by atoms with Crippen molar-refractivity contribution in [3.8, 4) is 5.75 Å². The molecule has 2 rings (SSSR count). The maximum absolute atomic E-state index is 13.2. The van der Waals surface area contributed by atoms with Gasteiger partial charge in [0.2, 0.25) is 0 Å². The third kappa shape index (κ3) is 3.95. The molecule has 0 spiro atoms. The van der Waals surface area contributed by atoms with E-state index in [-0.39, 0.29) is 11.9 Å². The summed E-state index contributed by atoms with van der Waals surface area (Å²) in [6.07, 6.45) is 1.25. The smallest absolute Gasteiger partial charge is 0.123 e. The van der Waals surface area contributed by atoms with Crippen LogP contribution in [0.5, 0.6) is 5.75 Å². The molecule has 0 heterocycles. The summed E-state index contributed by atoms with van der Waals surface area (Å²) in [7, 11) is 1.63. The van der Waals surface area contributed by atoms with Gasteiger partial charge in [-0.3, -0.25) is 0 Å². The maximum Gasteiger partial charge on any atom is 0.123 e. The average Bonchev–Trinajstić information content (AvgIpc) is 2.43. The van der Waals surface area contributed by atoms with Crippen molar-refractivity contribution in [1.29, 1.82) is 0 Å². The van der Waals surface area contributed by atoms with E-state index in [2.05, 4.69) is 0 Å². The quantitative estimate of drug-likeness (QED) is 0.914. The van der Waals surface area contributed by atoms with Gasteiger partial charge >= 0.3 is 0 Å². The molecular formula is C16H17ClFNO. The predicted molar refractivity (Wildman–Crippen MR) is 79.8 cm³/mol. The Hall–Kier alpha value is -1.58. The summed E-state index contributed by atoms with van der Waals surface area (Å²) < 4.78 is 18.3. The highest BCUT2D eigenvalue weighted by Crippen LogP contribution is 2.20. The molecule has 0 amide bonds. The van der Waals surface area contributed by atoms with Gasteiger partial charge < -0.3 is 10.5 Å². The van der Waals surface area contributed by atoms with Crippen LogP contribution in [0.3, 0.4) is 0 Å². The molecule has 1 unspecified atom stereocenters. The Morgan fingerprint density at radius 2 is 1.85 bits per heavy atom. The van der Waals surface area contributed by atoms with Crippen molar-refractivity contribution in [1.82, 2.24) is 0 Å². The molecule has 2 nitrogen and oxygen atoms in total. The third-order valence-electron chi connectivity index (χ3n) is 3.15. The average molecular weight is 294 g/mol. The van der Waals surface area contributed by atoms with Gasteiger partial charge in [-0.2, -0.15) is 0 Å². The molecule has 4 heteroatoms. The van der Waals surface area contributed by atoms with Crippen LogP contribution in [0.15, 0.2) is 42.5 Å². The van der Waals surface area contributed by atoms with Crippen LogP contribution in [-0.2, 0) is 12.8 Å². The van der Waals surface area contributed by atoms with Crippen molar-refractivity contribution >= 4 is 11.6 Å². The van der Waals surface area contributed by atoms with E-state index in [1.165, 1.54) is 12.1 Å². The molecule has 0 radical (unpaired) electrons. The van der Waals surface area contributed by atoms with Crippen molar-refractivity contribution in [2.45, 2.75) is 18.9 Å². The fraction of sp³-hybridized carbons (Fsp3) is 0.250. The van der Waals surface area contributed by atoms with E-state index in [9.17, 15) is 4.39 Å². The van der Waals surface area contributed by atoms with Crippen LogP contribution >= 0.6 is 11.6 Å². The number of halogens is 2. The normalized spacial score (nSPS) is 12.2. The second kappa shape index (κ2) is 6.73. The summed E-state index contributed by atoms with van der Waals surface area (Å²) >= 11 is 6.04. The zero-order valence-corrected chi connectivity index (χ0v) is 12.0. The molecule has 0 aliphatic rings. The molecule has 0 aliphatic carbocycles. The van der Waals surface area contributed by atoms with Gasteiger partial charge in [-0.25, -0.2) is 4.39 Å². The first-order valence-corrected chi connectivity index (χ1v) is 6.78. The Kier molecular flexibility index (Phi) is 4.99. The minimum absolute atomic E-state index is 0.109. The Morgan fingerprint density at radius 1 is 1.15 bits per heavy atom.